The summed E-state index contributed by atoms with van der Waals surface area (Å²) in [6.07, 6.45) is 0. The molecule has 0 amide bonds. The normalized spacial score (nSPS) is 13.8. The molecule has 152 valence electrons. The summed E-state index contributed by atoms with van der Waals surface area (Å²) < 4.78 is 33.9. The molecule has 0 heterocycles. The zero-order valence-corrected chi connectivity index (χ0v) is 18.1. The van der Waals surface area contributed by atoms with Crippen molar-refractivity contribution in [3.63, 3.8) is 0 Å². The summed E-state index contributed by atoms with van der Waals surface area (Å²) in [5, 5.41) is 20.6. The fraction of sp³-hybridized carbons (Fsp3) is 0.0526. The van der Waals surface area contributed by atoms with Gasteiger partial charge < -0.3 is 10.2 Å². The Bertz CT molecular complexity index is 1180. The molecular formula is C19H12Cl4O5S. The highest BCUT2D eigenvalue weighted by atomic mass is 35.5. The monoisotopic (exact) mass is 492 g/mol. The molecule has 3 aromatic carbocycles. The van der Waals surface area contributed by atoms with Gasteiger partial charge in [-0.15, -0.1) is 0 Å². The summed E-state index contributed by atoms with van der Waals surface area (Å²) in [4.78, 5) is 0. The van der Waals surface area contributed by atoms with E-state index in [2.05, 4.69) is 0 Å². The molecule has 0 aliphatic heterocycles. The molecule has 1 atom stereocenters. The maximum absolute atomic E-state index is 13.0. The molecule has 0 aliphatic rings. The standard InChI is InChI=1S/C19H12Cl4O5S/c20-12-3-1-10(2-4-12)19(29(26,27)28,11-7-13(21)9-14(24)8-11)17-15(22)5-6-16(23)18(17)25/h1-9,24-25H,(H,26,27,28). The van der Waals surface area contributed by atoms with Crippen LogP contribution in [0.15, 0.2) is 54.6 Å². The number of aromatic hydroxyl groups is 2. The minimum atomic E-state index is -5.11. The van der Waals surface area contributed by atoms with Gasteiger partial charge in [0.2, 0.25) is 0 Å². The number of benzene rings is 3. The first kappa shape index (κ1) is 22.0. The number of phenolic OH excluding ortho intramolecular Hbond substituents is 2. The highest BCUT2D eigenvalue weighted by Crippen LogP contribution is 2.52. The number of phenols is 2. The molecule has 29 heavy (non-hydrogen) atoms. The van der Waals surface area contributed by atoms with E-state index in [1.807, 2.05) is 0 Å². The maximum Gasteiger partial charge on any atom is 0.283 e. The van der Waals surface area contributed by atoms with Crippen molar-refractivity contribution in [2.45, 2.75) is 4.75 Å². The lowest BCUT2D eigenvalue weighted by atomic mass is 9.83. The van der Waals surface area contributed by atoms with Gasteiger partial charge in [-0.3, -0.25) is 4.55 Å². The van der Waals surface area contributed by atoms with Gasteiger partial charge in [0.25, 0.3) is 10.1 Å². The van der Waals surface area contributed by atoms with Crippen molar-refractivity contribution in [2.75, 3.05) is 0 Å². The maximum atomic E-state index is 13.0. The molecule has 5 nitrogen and oxygen atoms in total. The van der Waals surface area contributed by atoms with Crippen LogP contribution in [0.2, 0.25) is 20.1 Å². The van der Waals surface area contributed by atoms with E-state index in [1.165, 1.54) is 48.5 Å². The van der Waals surface area contributed by atoms with E-state index in [1.54, 1.807) is 0 Å². The average molecular weight is 494 g/mol. The molecule has 0 spiro atoms. The fourth-order valence-corrected chi connectivity index (χ4v) is 5.40. The SMILES string of the molecule is O=S(=O)(O)C(c1ccc(Cl)cc1)(c1cc(O)cc(Cl)c1)c1c(Cl)ccc(Cl)c1O. The van der Waals surface area contributed by atoms with Crippen molar-refractivity contribution < 1.29 is 23.2 Å². The molecule has 0 saturated heterocycles. The van der Waals surface area contributed by atoms with Crippen LogP contribution in [-0.4, -0.2) is 23.2 Å². The molecular weight excluding hydrogens is 482 g/mol. The Kier molecular flexibility index (Phi) is 5.98. The third-order valence-corrected chi connectivity index (χ3v) is 6.90. The van der Waals surface area contributed by atoms with Crippen LogP contribution in [0.25, 0.3) is 0 Å². The third-order valence-electron chi connectivity index (χ3n) is 4.36. The zero-order chi connectivity index (χ0) is 21.6. The number of halogens is 4. The lowest BCUT2D eigenvalue weighted by Gasteiger charge is -2.34. The summed E-state index contributed by atoms with van der Waals surface area (Å²) in [6.45, 7) is 0. The largest absolute Gasteiger partial charge is 0.508 e. The van der Waals surface area contributed by atoms with Gasteiger partial charge in [0.05, 0.1) is 5.02 Å². The van der Waals surface area contributed by atoms with E-state index in [0.717, 1.165) is 6.07 Å². The smallest absolute Gasteiger partial charge is 0.283 e. The molecule has 1 unspecified atom stereocenters. The van der Waals surface area contributed by atoms with Crippen molar-refractivity contribution in [3.8, 4) is 11.5 Å². The van der Waals surface area contributed by atoms with Crippen LogP contribution in [0, 0.1) is 0 Å². The van der Waals surface area contributed by atoms with Gasteiger partial charge in [0, 0.05) is 20.6 Å². The quantitative estimate of drug-likeness (QED) is 0.311. The summed E-state index contributed by atoms with van der Waals surface area (Å²) in [6, 6.07) is 11.5. The van der Waals surface area contributed by atoms with Crippen LogP contribution >= 0.6 is 46.4 Å². The summed E-state index contributed by atoms with van der Waals surface area (Å²) in [5.74, 6) is -1.03. The summed E-state index contributed by atoms with van der Waals surface area (Å²) in [5.41, 5.74) is -0.601. The van der Waals surface area contributed by atoms with Gasteiger partial charge in [0.15, 0.2) is 4.75 Å². The molecule has 3 aromatic rings. The Balaban J connectivity index is 2.63. The molecule has 0 aromatic heterocycles. The highest BCUT2D eigenvalue weighted by Gasteiger charge is 2.52. The van der Waals surface area contributed by atoms with E-state index in [-0.39, 0.29) is 31.9 Å². The van der Waals surface area contributed by atoms with Crippen LogP contribution < -0.4 is 0 Å². The van der Waals surface area contributed by atoms with E-state index in [4.69, 9.17) is 46.4 Å². The van der Waals surface area contributed by atoms with Gasteiger partial charge in [0.1, 0.15) is 11.5 Å². The van der Waals surface area contributed by atoms with Crippen molar-refractivity contribution in [1.82, 2.24) is 0 Å². The molecule has 0 fully saturated rings. The Morgan fingerprint density at radius 2 is 1.31 bits per heavy atom. The van der Waals surface area contributed by atoms with Crippen LogP contribution in [0.3, 0.4) is 0 Å². The topological polar surface area (TPSA) is 94.8 Å². The van der Waals surface area contributed by atoms with Crippen molar-refractivity contribution in [1.29, 1.82) is 0 Å². The van der Waals surface area contributed by atoms with Crippen molar-refractivity contribution >= 4 is 56.5 Å². The molecule has 0 bridgehead atoms. The Morgan fingerprint density at radius 1 is 0.724 bits per heavy atom. The predicted octanol–water partition coefficient (Wildman–Crippen LogP) is 5.89. The van der Waals surface area contributed by atoms with Gasteiger partial charge in [-0.1, -0.05) is 58.5 Å². The number of hydrogen-bond acceptors (Lipinski definition) is 4. The minimum absolute atomic E-state index is 0.0142. The van der Waals surface area contributed by atoms with E-state index in [0.29, 0.717) is 5.02 Å². The molecule has 10 heteroatoms. The molecule has 0 saturated carbocycles. The number of rotatable bonds is 4. The fourth-order valence-electron chi connectivity index (χ4n) is 3.22. The third kappa shape index (κ3) is 3.77. The van der Waals surface area contributed by atoms with E-state index < -0.39 is 26.2 Å². The first-order chi connectivity index (χ1) is 13.5. The van der Waals surface area contributed by atoms with Crippen LogP contribution in [0.1, 0.15) is 16.7 Å². The second-order valence-electron chi connectivity index (χ2n) is 6.11. The first-order valence-electron chi connectivity index (χ1n) is 7.89. The Hall–Kier alpha value is -1.67. The van der Waals surface area contributed by atoms with Crippen molar-refractivity contribution in [2.24, 2.45) is 0 Å². The van der Waals surface area contributed by atoms with Gasteiger partial charge >= 0.3 is 0 Å². The van der Waals surface area contributed by atoms with Gasteiger partial charge in [-0.25, -0.2) is 0 Å². The van der Waals surface area contributed by atoms with E-state index >= 15 is 0 Å². The lowest BCUT2D eigenvalue weighted by molar-refractivity contribution is 0.439. The van der Waals surface area contributed by atoms with Crippen LogP contribution in [0.5, 0.6) is 11.5 Å². The van der Waals surface area contributed by atoms with Crippen molar-refractivity contribution in [3.05, 3.63) is 91.4 Å². The van der Waals surface area contributed by atoms with Crippen LogP contribution in [-0.2, 0) is 14.9 Å². The predicted molar refractivity (Wildman–Crippen MR) is 114 cm³/mol. The van der Waals surface area contributed by atoms with Crippen LogP contribution in [0.4, 0.5) is 0 Å². The number of hydrogen-bond donors (Lipinski definition) is 3. The Labute approximate surface area is 186 Å². The second-order valence-corrected chi connectivity index (χ2v) is 9.36. The van der Waals surface area contributed by atoms with Gasteiger partial charge in [-0.2, -0.15) is 8.42 Å². The summed E-state index contributed by atoms with van der Waals surface area (Å²) >= 11 is 24.3. The average Bonchev–Trinajstić information content (AvgIpc) is 2.61. The summed E-state index contributed by atoms with van der Waals surface area (Å²) in [7, 11) is -5.11. The van der Waals surface area contributed by atoms with E-state index in [9.17, 15) is 23.2 Å². The van der Waals surface area contributed by atoms with Gasteiger partial charge in [-0.05, 0) is 53.6 Å². The Morgan fingerprint density at radius 3 is 1.86 bits per heavy atom. The molecule has 0 radical (unpaired) electrons. The second kappa shape index (κ2) is 7.87. The first-order valence-corrected chi connectivity index (χ1v) is 10.8. The lowest BCUT2D eigenvalue weighted by Crippen LogP contribution is -2.38. The minimum Gasteiger partial charge on any atom is -0.508 e. The molecule has 3 N–H and O–H groups in total. The highest BCUT2D eigenvalue weighted by molar-refractivity contribution is 7.87. The molecule has 0 aliphatic carbocycles. The zero-order valence-electron chi connectivity index (χ0n) is 14.3. The molecule has 3 rings (SSSR count).